The van der Waals surface area contributed by atoms with Gasteiger partial charge in [-0.25, -0.2) is 9.37 Å². The molecule has 13 heavy (non-hydrogen) atoms. The van der Waals surface area contributed by atoms with Crippen molar-refractivity contribution in [2.45, 2.75) is 25.7 Å². The lowest BCUT2D eigenvalue weighted by atomic mass is 9.90. The Morgan fingerprint density at radius 1 is 1.62 bits per heavy atom. The Balaban J connectivity index is 1.93. The third kappa shape index (κ3) is 2.17. The van der Waals surface area contributed by atoms with Crippen molar-refractivity contribution in [3.8, 4) is 0 Å². The van der Waals surface area contributed by atoms with Crippen LogP contribution in [0.1, 0.15) is 25.0 Å². The third-order valence-corrected chi connectivity index (χ3v) is 2.49. The van der Waals surface area contributed by atoms with Crippen molar-refractivity contribution in [2.24, 2.45) is 5.92 Å². The summed E-state index contributed by atoms with van der Waals surface area (Å²) in [4.78, 5) is 6.99. The summed E-state index contributed by atoms with van der Waals surface area (Å²) in [6, 6.07) is 0. The summed E-state index contributed by atoms with van der Waals surface area (Å²) in [7, 11) is 0. The van der Waals surface area contributed by atoms with Crippen LogP contribution in [0.2, 0.25) is 0 Å². The zero-order valence-electron chi connectivity index (χ0n) is 7.46. The lowest BCUT2D eigenvalue weighted by Gasteiger charge is -2.17. The van der Waals surface area contributed by atoms with Crippen LogP contribution in [0.5, 0.6) is 0 Å². The molecule has 0 saturated carbocycles. The molecule has 2 nitrogen and oxygen atoms in total. The molecule has 1 aromatic rings. The lowest BCUT2D eigenvalue weighted by Crippen LogP contribution is -2.08. The Kier molecular flexibility index (Phi) is 2.43. The van der Waals surface area contributed by atoms with Gasteiger partial charge in [0.2, 0.25) is 0 Å². The zero-order valence-corrected chi connectivity index (χ0v) is 7.46. The van der Waals surface area contributed by atoms with Gasteiger partial charge in [-0.15, -0.1) is 0 Å². The second kappa shape index (κ2) is 3.73. The number of H-pyrrole nitrogens is 1. The molecule has 1 aromatic heterocycles. The Morgan fingerprint density at radius 2 is 2.54 bits per heavy atom. The summed E-state index contributed by atoms with van der Waals surface area (Å²) in [6.45, 7) is 0. The minimum atomic E-state index is 0.0516. The summed E-state index contributed by atoms with van der Waals surface area (Å²) in [5.41, 5.74) is 1.11. The van der Waals surface area contributed by atoms with Gasteiger partial charge < -0.3 is 4.98 Å². The van der Waals surface area contributed by atoms with Gasteiger partial charge in [0.15, 0.2) is 0 Å². The molecule has 1 unspecified atom stereocenters. The van der Waals surface area contributed by atoms with Crippen molar-refractivity contribution in [2.75, 3.05) is 0 Å². The van der Waals surface area contributed by atoms with Crippen molar-refractivity contribution in [1.29, 1.82) is 0 Å². The second-order valence-electron chi connectivity index (χ2n) is 3.58. The van der Waals surface area contributed by atoms with Gasteiger partial charge in [0.1, 0.15) is 0 Å². The van der Waals surface area contributed by atoms with E-state index in [2.05, 4.69) is 9.97 Å². The fourth-order valence-corrected chi connectivity index (χ4v) is 1.82. The van der Waals surface area contributed by atoms with E-state index in [0.29, 0.717) is 12.3 Å². The second-order valence-corrected chi connectivity index (χ2v) is 3.58. The highest BCUT2D eigenvalue weighted by Crippen LogP contribution is 2.26. The van der Waals surface area contributed by atoms with Crippen LogP contribution < -0.4 is 0 Å². The van der Waals surface area contributed by atoms with E-state index in [1.807, 2.05) is 6.20 Å². The van der Waals surface area contributed by atoms with Crippen LogP contribution in [0.25, 0.3) is 0 Å². The summed E-state index contributed by atoms with van der Waals surface area (Å²) >= 11 is 0. The van der Waals surface area contributed by atoms with Crippen LogP contribution in [0.15, 0.2) is 24.4 Å². The molecule has 0 bridgehead atoms. The van der Waals surface area contributed by atoms with E-state index in [9.17, 15) is 4.39 Å². The van der Waals surface area contributed by atoms with Gasteiger partial charge in [-0.05, 0) is 25.2 Å². The molecule has 3 heteroatoms. The predicted molar refractivity (Wildman–Crippen MR) is 48.8 cm³/mol. The summed E-state index contributed by atoms with van der Waals surface area (Å²) < 4.78 is 12.9. The normalized spacial score (nSPS) is 22.8. The molecule has 0 amide bonds. The Bertz CT molecular complexity index is 290. The number of halogens is 1. The monoisotopic (exact) mass is 180 g/mol. The Morgan fingerprint density at radius 3 is 3.23 bits per heavy atom. The lowest BCUT2D eigenvalue weighted by molar-refractivity contribution is 0.404. The molecule has 1 atom stereocenters. The van der Waals surface area contributed by atoms with Gasteiger partial charge >= 0.3 is 0 Å². The number of aromatic amines is 1. The zero-order chi connectivity index (χ0) is 9.10. The maximum Gasteiger partial charge on any atom is 0.0962 e. The smallest absolute Gasteiger partial charge is 0.0962 e. The molecule has 0 aliphatic heterocycles. The van der Waals surface area contributed by atoms with Crippen LogP contribution in [0.3, 0.4) is 0 Å². The first-order valence-corrected chi connectivity index (χ1v) is 4.66. The maximum absolute atomic E-state index is 12.9. The number of hydrogen-bond donors (Lipinski definition) is 1. The number of rotatable bonds is 2. The number of imidazole rings is 1. The van der Waals surface area contributed by atoms with E-state index in [4.69, 9.17) is 0 Å². The summed E-state index contributed by atoms with van der Waals surface area (Å²) in [5.74, 6) is 0.501. The number of nitrogens with one attached hydrogen (secondary N) is 1. The van der Waals surface area contributed by atoms with Gasteiger partial charge in [0.05, 0.1) is 12.2 Å². The standard InChI is InChI=1S/C10H13FN2/c11-9-3-1-2-8(4-9)5-10-6-12-7-13-10/h3,6-8H,1-2,4-5H2,(H,12,13). The van der Waals surface area contributed by atoms with Gasteiger partial charge in [0, 0.05) is 18.3 Å². The van der Waals surface area contributed by atoms with Crippen molar-refractivity contribution in [3.63, 3.8) is 0 Å². The fourth-order valence-electron chi connectivity index (χ4n) is 1.82. The largest absolute Gasteiger partial charge is 0.348 e. The van der Waals surface area contributed by atoms with Gasteiger partial charge in [0.25, 0.3) is 0 Å². The van der Waals surface area contributed by atoms with Gasteiger partial charge in [-0.1, -0.05) is 6.08 Å². The maximum atomic E-state index is 12.9. The fraction of sp³-hybridized carbons (Fsp3) is 0.500. The molecule has 0 radical (unpaired) electrons. The molecule has 1 N–H and O–H groups in total. The summed E-state index contributed by atoms with van der Waals surface area (Å²) in [6.07, 6.45) is 8.67. The average molecular weight is 180 g/mol. The molecule has 1 aliphatic rings. The topological polar surface area (TPSA) is 28.7 Å². The van der Waals surface area contributed by atoms with Gasteiger partial charge in [-0.2, -0.15) is 0 Å². The van der Waals surface area contributed by atoms with Crippen molar-refractivity contribution >= 4 is 0 Å². The van der Waals surface area contributed by atoms with E-state index < -0.39 is 0 Å². The molecule has 0 aromatic carbocycles. The molecule has 1 heterocycles. The minimum absolute atomic E-state index is 0.0516. The number of hydrogen-bond acceptors (Lipinski definition) is 1. The number of aromatic nitrogens is 2. The Labute approximate surface area is 76.9 Å². The quantitative estimate of drug-likeness (QED) is 0.744. The van der Waals surface area contributed by atoms with Gasteiger partial charge in [-0.3, -0.25) is 0 Å². The molecule has 0 saturated heterocycles. The van der Waals surface area contributed by atoms with E-state index >= 15 is 0 Å². The average Bonchev–Trinajstić information content (AvgIpc) is 2.57. The molecule has 2 rings (SSSR count). The van der Waals surface area contributed by atoms with Crippen LogP contribution >= 0.6 is 0 Å². The van der Waals surface area contributed by atoms with Crippen molar-refractivity contribution < 1.29 is 4.39 Å². The molecular weight excluding hydrogens is 167 g/mol. The predicted octanol–water partition coefficient (Wildman–Crippen LogP) is 2.61. The molecule has 70 valence electrons. The van der Waals surface area contributed by atoms with E-state index in [0.717, 1.165) is 25.0 Å². The molecular formula is C10H13FN2. The number of nitrogens with zero attached hydrogens (tertiary/aromatic N) is 1. The highest BCUT2D eigenvalue weighted by Gasteiger charge is 2.16. The van der Waals surface area contributed by atoms with E-state index in [1.54, 1.807) is 12.4 Å². The molecule has 0 spiro atoms. The highest BCUT2D eigenvalue weighted by molar-refractivity contribution is 5.03. The minimum Gasteiger partial charge on any atom is -0.348 e. The Hall–Kier alpha value is -1.12. The third-order valence-electron chi connectivity index (χ3n) is 2.49. The van der Waals surface area contributed by atoms with Crippen molar-refractivity contribution in [1.82, 2.24) is 9.97 Å². The first-order valence-electron chi connectivity index (χ1n) is 4.66. The van der Waals surface area contributed by atoms with Crippen LogP contribution in [0.4, 0.5) is 4.39 Å². The summed E-state index contributed by atoms with van der Waals surface area (Å²) in [5, 5.41) is 0. The highest BCUT2D eigenvalue weighted by atomic mass is 19.1. The van der Waals surface area contributed by atoms with E-state index in [1.165, 1.54) is 0 Å². The van der Waals surface area contributed by atoms with E-state index in [-0.39, 0.29) is 5.83 Å². The first kappa shape index (κ1) is 8.48. The number of allylic oxidation sites excluding steroid dienone is 2. The molecule has 0 fully saturated rings. The SMILES string of the molecule is FC1=CCCC(Cc2cnc[nH]2)C1. The first-order chi connectivity index (χ1) is 6.34. The molecule has 1 aliphatic carbocycles. The van der Waals surface area contributed by atoms with Crippen LogP contribution in [-0.4, -0.2) is 9.97 Å². The van der Waals surface area contributed by atoms with Crippen molar-refractivity contribution in [3.05, 3.63) is 30.1 Å². The van der Waals surface area contributed by atoms with Crippen LogP contribution in [0, 0.1) is 5.92 Å². The van der Waals surface area contributed by atoms with Crippen LogP contribution in [-0.2, 0) is 6.42 Å².